The predicted molar refractivity (Wildman–Crippen MR) is 101 cm³/mol. The van der Waals surface area contributed by atoms with Crippen molar-refractivity contribution in [2.45, 2.75) is 58.0 Å². The summed E-state index contributed by atoms with van der Waals surface area (Å²) in [6.45, 7) is 5.96. The van der Waals surface area contributed by atoms with Gasteiger partial charge in [0.25, 0.3) is 0 Å². The molecule has 0 spiro atoms. The van der Waals surface area contributed by atoms with E-state index in [1.54, 1.807) is 0 Å². The van der Waals surface area contributed by atoms with Gasteiger partial charge < -0.3 is 19.2 Å². The van der Waals surface area contributed by atoms with E-state index in [4.69, 9.17) is 4.74 Å². The highest BCUT2D eigenvalue weighted by Gasteiger charge is 2.11. The standard InChI is InChI=1S/C19H33N5O/c1-2-3-4-5-6-15-25-16-7-9-20-10-8-19(23-13-11-21-17-23)24-14-12-22-18-24/h11-14,17-20H,2-10,15-16H2,1H3. The number of aromatic nitrogens is 4. The molecule has 2 aromatic heterocycles. The van der Waals surface area contributed by atoms with E-state index in [2.05, 4.69) is 31.3 Å². The first kappa shape index (κ1) is 19.7. The number of unbranched alkanes of at least 4 members (excludes halogenated alkanes) is 4. The van der Waals surface area contributed by atoms with Gasteiger partial charge in [0.2, 0.25) is 0 Å². The summed E-state index contributed by atoms with van der Waals surface area (Å²) in [5.41, 5.74) is 0. The number of imidazole rings is 2. The lowest BCUT2D eigenvalue weighted by molar-refractivity contribution is 0.127. The summed E-state index contributed by atoms with van der Waals surface area (Å²) in [6.07, 6.45) is 20.1. The molecule has 0 radical (unpaired) electrons. The first-order chi connectivity index (χ1) is 12.4. The molecule has 0 aliphatic rings. The Kier molecular flexibility index (Phi) is 9.96. The maximum absolute atomic E-state index is 5.69. The summed E-state index contributed by atoms with van der Waals surface area (Å²) in [5.74, 6) is 0. The lowest BCUT2D eigenvalue weighted by atomic mass is 10.2. The fraction of sp³-hybridized carbons (Fsp3) is 0.684. The number of ether oxygens (including phenoxy) is 1. The highest BCUT2D eigenvalue weighted by atomic mass is 16.5. The van der Waals surface area contributed by atoms with Crippen molar-refractivity contribution in [1.82, 2.24) is 24.4 Å². The maximum atomic E-state index is 5.69. The summed E-state index contributed by atoms with van der Waals surface area (Å²) in [5, 5.41) is 3.51. The molecule has 0 atom stereocenters. The molecule has 0 saturated carbocycles. The van der Waals surface area contributed by atoms with Gasteiger partial charge in [-0.2, -0.15) is 0 Å². The smallest absolute Gasteiger partial charge is 0.113 e. The van der Waals surface area contributed by atoms with Crippen molar-refractivity contribution in [1.29, 1.82) is 0 Å². The van der Waals surface area contributed by atoms with Crippen LogP contribution in [0.1, 0.15) is 58.0 Å². The molecule has 0 fully saturated rings. The first-order valence-electron chi connectivity index (χ1n) is 9.65. The lowest BCUT2D eigenvalue weighted by Crippen LogP contribution is -2.24. The third-order valence-electron chi connectivity index (χ3n) is 4.35. The molecule has 0 saturated heterocycles. The molecule has 140 valence electrons. The van der Waals surface area contributed by atoms with Crippen molar-refractivity contribution >= 4 is 0 Å². The minimum Gasteiger partial charge on any atom is -0.381 e. The summed E-state index contributed by atoms with van der Waals surface area (Å²) < 4.78 is 9.93. The monoisotopic (exact) mass is 347 g/mol. The van der Waals surface area contributed by atoms with E-state index in [0.717, 1.165) is 39.1 Å². The summed E-state index contributed by atoms with van der Waals surface area (Å²) in [7, 11) is 0. The van der Waals surface area contributed by atoms with Crippen LogP contribution in [-0.2, 0) is 4.74 Å². The highest BCUT2D eigenvalue weighted by molar-refractivity contribution is 4.86. The average molecular weight is 348 g/mol. The molecule has 25 heavy (non-hydrogen) atoms. The first-order valence-corrected chi connectivity index (χ1v) is 9.65. The van der Waals surface area contributed by atoms with E-state index in [-0.39, 0.29) is 6.17 Å². The fourth-order valence-electron chi connectivity index (χ4n) is 2.91. The molecule has 2 aromatic rings. The van der Waals surface area contributed by atoms with Crippen molar-refractivity contribution in [3.8, 4) is 0 Å². The van der Waals surface area contributed by atoms with Gasteiger partial charge >= 0.3 is 0 Å². The molecule has 2 heterocycles. The van der Waals surface area contributed by atoms with Crippen molar-refractivity contribution in [2.75, 3.05) is 26.3 Å². The Hall–Kier alpha value is -1.66. The van der Waals surface area contributed by atoms with Gasteiger partial charge in [0.1, 0.15) is 6.17 Å². The number of rotatable bonds is 15. The quantitative estimate of drug-likeness (QED) is 0.501. The minimum atomic E-state index is 0.219. The number of nitrogens with zero attached hydrogens (tertiary/aromatic N) is 4. The van der Waals surface area contributed by atoms with E-state index in [1.807, 2.05) is 37.4 Å². The molecule has 2 rings (SSSR count). The molecule has 0 aliphatic carbocycles. The molecular formula is C19H33N5O. The molecule has 0 aromatic carbocycles. The zero-order valence-corrected chi connectivity index (χ0v) is 15.5. The topological polar surface area (TPSA) is 56.9 Å². The molecule has 0 bridgehead atoms. The molecule has 1 N–H and O–H groups in total. The molecule has 0 aliphatic heterocycles. The summed E-state index contributed by atoms with van der Waals surface area (Å²) in [4.78, 5) is 8.31. The highest BCUT2D eigenvalue weighted by Crippen LogP contribution is 2.13. The fourth-order valence-corrected chi connectivity index (χ4v) is 2.91. The van der Waals surface area contributed by atoms with Gasteiger partial charge in [-0.15, -0.1) is 0 Å². The maximum Gasteiger partial charge on any atom is 0.113 e. The van der Waals surface area contributed by atoms with Crippen LogP contribution in [0.4, 0.5) is 0 Å². The van der Waals surface area contributed by atoms with Crippen LogP contribution in [0.25, 0.3) is 0 Å². The van der Waals surface area contributed by atoms with Crippen molar-refractivity contribution < 1.29 is 4.74 Å². The number of hydrogen-bond donors (Lipinski definition) is 1. The van der Waals surface area contributed by atoms with Crippen LogP contribution in [0, 0.1) is 0 Å². The van der Waals surface area contributed by atoms with Gasteiger partial charge in [-0.25, -0.2) is 9.97 Å². The summed E-state index contributed by atoms with van der Waals surface area (Å²) >= 11 is 0. The molecule has 0 amide bonds. The van der Waals surface area contributed by atoms with Crippen LogP contribution < -0.4 is 5.32 Å². The van der Waals surface area contributed by atoms with E-state index in [9.17, 15) is 0 Å². The lowest BCUT2D eigenvalue weighted by Gasteiger charge is -2.20. The van der Waals surface area contributed by atoms with Crippen LogP contribution in [0.15, 0.2) is 37.4 Å². The van der Waals surface area contributed by atoms with E-state index in [0.29, 0.717) is 0 Å². The SMILES string of the molecule is CCCCCCCOCCCNCCC(n1ccnc1)n1ccnc1. The molecule has 6 nitrogen and oxygen atoms in total. The predicted octanol–water partition coefficient (Wildman–Crippen LogP) is 3.48. The van der Waals surface area contributed by atoms with Crippen molar-refractivity contribution in [2.24, 2.45) is 0 Å². The largest absolute Gasteiger partial charge is 0.381 e. The average Bonchev–Trinajstić information content (AvgIpc) is 3.33. The third kappa shape index (κ3) is 7.84. The zero-order chi connectivity index (χ0) is 17.6. The van der Waals surface area contributed by atoms with Crippen LogP contribution in [0.3, 0.4) is 0 Å². The van der Waals surface area contributed by atoms with Crippen LogP contribution in [0.5, 0.6) is 0 Å². The second kappa shape index (κ2) is 12.7. The van der Waals surface area contributed by atoms with Crippen molar-refractivity contribution in [3.63, 3.8) is 0 Å². The zero-order valence-electron chi connectivity index (χ0n) is 15.5. The van der Waals surface area contributed by atoms with Crippen LogP contribution >= 0.6 is 0 Å². The van der Waals surface area contributed by atoms with E-state index in [1.165, 1.54) is 32.1 Å². The Balaban J connectivity index is 1.50. The van der Waals surface area contributed by atoms with E-state index < -0.39 is 0 Å². The second-order valence-corrected chi connectivity index (χ2v) is 6.42. The Morgan fingerprint density at radius 2 is 1.56 bits per heavy atom. The second-order valence-electron chi connectivity index (χ2n) is 6.42. The molecule has 6 heteroatoms. The Morgan fingerprint density at radius 3 is 2.20 bits per heavy atom. The van der Waals surface area contributed by atoms with Gasteiger partial charge in [-0.05, 0) is 32.4 Å². The van der Waals surface area contributed by atoms with Gasteiger partial charge in [0.15, 0.2) is 0 Å². The molecular weight excluding hydrogens is 314 g/mol. The Labute approximate surface area is 151 Å². The number of hydrogen-bond acceptors (Lipinski definition) is 4. The van der Waals surface area contributed by atoms with Crippen LogP contribution in [0.2, 0.25) is 0 Å². The van der Waals surface area contributed by atoms with E-state index >= 15 is 0 Å². The summed E-state index contributed by atoms with van der Waals surface area (Å²) in [6, 6.07) is 0. The van der Waals surface area contributed by atoms with Crippen molar-refractivity contribution in [3.05, 3.63) is 37.4 Å². The number of nitrogens with one attached hydrogen (secondary N) is 1. The third-order valence-corrected chi connectivity index (χ3v) is 4.35. The Bertz CT molecular complexity index is 478. The van der Waals surface area contributed by atoms with Gasteiger partial charge in [0, 0.05) is 38.0 Å². The normalized spacial score (nSPS) is 11.4. The van der Waals surface area contributed by atoms with Crippen LogP contribution in [-0.4, -0.2) is 45.4 Å². The van der Waals surface area contributed by atoms with Gasteiger partial charge in [-0.3, -0.25) is 0 Å². The minimum absolute atomic E-state index is 0.219. The molecule has 0 unspecified atom stereocenters. The van der Waals surface area contributed by atoms with Gasteiger partial charge in [0.05, 0.1) is 12.7 Å². The van der Waals surface area contributed by atoms with Gasteiger partial charge in [-0.1, -0.05) is 32.6 Å². The Morgan fingerprint density at radius 1 is 0.880 bits per heavy atom.